The average molecular weight is 500 g/mol. The first-order valence-electron chi connectivity index (χ1n) is 12.1. The number of ether oxygens (including phenoxy) is 1. The summed E-state index contributed by atoms with van der Waals surface area (Å²) in [5, 5.41) is 17.0. The van der Waals surface area contributed by atoms with E-state index in [-0.39, 0.29) is 43.8 Å². The second-order valence-electron chi connectivity index (χ2n) is 8.72. The number of methoxy groups -OCH3 is 1. The first kappa shape index (κ1) is 25.7. The van der Waals surface area contributed by atoms with Gasteiger partial charge < -0.3 is 25.2 Å². The van der Waals surface area contributed by atoms with Gasteiger partial charge in [-0.1, -0.05) is 37.3 Å². The van der Waals surface area contributed by atoms with E-state index in [1.54, 1.807) is 44.2 Å². The Balaban J connectivity index is 1.90. The molecule has 0 saturated heterocycles. The molecule has 37 heavy (non-hydrogen) atoms. The van der Waals surface area contributed by atoms with E-state index >= 15 is 0 Å². The van der Waals surface area contributed by atoms with Crippen LogP contribution in [0.4, 0.5) is 11.4 Å². The number of amides is 3. The molecule has 4 rings (SSSR count). The molecule has 0 aromatic heterocycles. The number of fused-ring (bicyclic) bond motifs is 2. The second kappa shape index (κ2) is 11.1. The quantitative estimate of drug-likeness (QED) is 0.517. The molecule has 0 spiro atoms. The lowest BCUT2D eigenvalue weighted by atomic mass is 10.0. The number of carbonyl (C=O) groups excluding carboxylic acids is 3. The summed E-state index contributed by atoms with van der Waals surface area (Å²) in [6.45, 7) is 1.84. The van der Waals surface area contributed by atoms with E-state index in [9.17, 15) is 19.6 Å². The Bertz CT molecular complexity index is 1400. The predicted octanol–water partition coefficient (Wildman–Crippen LogP) is 2.71. The van der Waals surface area contributed by atoms with Crippen molar-refractivity contribution in [1.82, 2.24) is 10.6 Å². The van der Waals surface area contributed by atoms with Gasteiger partial charge in [0.25, 0.3) is 5.91 Å². The average Bonchev–Trinajstić information content (AvgIpc) is 3.03. The number of anilines is 2. The van der Waals surface area contributed by atoms with Crippen LogP contribution in [0.3, 0.4) is 0 Å². The van der Waals surface area contributed by atoms with Gasteiger partial charge in [0.2, 0.25) is 11.8 Å². The molecule has 1 aliphatic rings. The standard InChI is InChI=1S/C28H29N5O4/c1-4-27(35)32-17-22(31-26(34)15-30-2)28(36)33(23-11-9-18(14-29)13-24(23)32)16-21-20-8-6-5-7-19(20)10-12-25(21)37-3/h5-13,22,30H,4,15-17H2,1-3H3,(H,31,34). The van der Waals surface area contributed by atoms with Crippen molar-refractivity contribution < 1.29 is 19.1 Å². The second-order valence-corrected chi connectivity index (χ2v) is 8.72. The lowest BCUT2D eigenvalue weighted by molar-refractivity contribution is -0.127. The molecular formula is C28H29N5O4. The van der Waals surface area contributed by atoms with Crippen LogP contribution < -0.4 is 25.2 Å². The van der Waals surface area contributed by atoms with Crippen LogP contribution in [0.25, 0.3) is 10.8 Å². The number of nitriles is 1. The highest BCUT2D eigenvalue weighted by Gasteiger charge is 2.37. The van der Waals surface area contributed by atoms with Crippen molar-refractivity contribution in [3.8, 4) is 11.8 Å². The number of hydrogen-bond acceptors (Lipinski definition) is 6. The lowest BCUT2D eigenvalue weighted by Crippen LogP contribution is -2.54. The summed E-state index contributed by atoms with van der Waals surface area (Å²) in [5.41, 5.74) is 2.08. The molecule has 0 saturated carbocycles. The summed E-state index contributed by atoms with van der Waals surface area (Å²) < 4.78 is 5.66. The predicted molar refractivity (Wildman–Crippen MR) is 141 cm³/mol. The number of nitrogens with one attached hydrogen (secondary N) is 2. The zero-order valence-corrected chi connectivity index (χ0v) is 21.1. The molecule has 1 atom stereocenters. The van der Waals surface area contributed by atoms with Gasteiger partial charge >= 0.3 is 0 Å². The summed E-state index contributed by atoms with van der Waals surface area (Å²) >= 11 is 0. The maximum absolute atomic E-state index is 14.0. The summed E-state index contributed by atoms with van der Waals surface area (Å²) in [4.78, 5) is 42.7. The molecule has 0 bridgehead atoms. The van der Waals surface area contributed by atoms with Gasteiger partial charge in [-0.25, -0.2) is 0 Å². The minimum atomic E-state index is -0.991. The first-order chi connectivity index (χ1) is 17.9. The fourth-order valence-electron chi connectivity index (χ4n) is 4.64. The van der Waals surface area contributed by atoms with Crippen LogP contribution in [-0.4, -0.2) is 51.0 Å². The van der Waals surface area contributed by atoms with Crippen molar-refractivity contribution in [2.24, 2.45) is 0 Å². The normalized spacial score (nSPS) is 15.1. The zero-order valence-electron chi connectivity index (χ0n) is 21.1. The van der Waals surface area contributed by atoms with Crippen molar-refractivity contribution in [3.05, 3.63) is 65.7 Å². The smallest absolute Gasteiger partial charge is 0.251 e. The third kappa shape index (κ3) is 5.10. The maximum atomic E-state index is 14.0. The largest absolute Gasteiger partial charge is 0.496 e. The Kier molecular flexibility index (Phi) is 7.70. The molecule has 0 fully saturated rings. The van der Waals surface area contributed by atoms with Gasteiger partial charge in [-0.2, -0.15) is 5.26 Å². The van der Waals surface area contributed by atoms with E-state index in [2.05, 4.69) is 16.7 Å². The van der Waals surface area contributed by atoms with E-state index in [4.69, 9.17) is 4.74 Å². The van der Waals surface area contributed by atoms with Crippen LogP contribution in [0.15, 0.2) is 54.6 Å². The molecule has 9 heteroatoms. The fourth-order valence-corrected chi connectivity index (χ4v) is 4.64. The van der Waals surface area contributed by atoms with E-state index in [1.165, 1.54) is 4.90 Å². The summed E-state index contributed by atoms with van der Waals surface area (Å²) in [5.74, 6) is -0.335. The van der Waals surface area contributed by atoms with Crippen molar-refractivity contribution >= 4 is 39.9 Å². The molecule has 1 heterocycles. The molecule has 9 nitrogen and oxygen atoms in total. The minimum absolute atomic E-state index is 0.0220. The van der Waals surface area contributed by atoms with Crippen molar-refractivity contribution in [2.75, 3.05) is 37.0 Å². The zero-order chi connectivity index (χ0) is 26.5. The van der Waals surface area contributed by atoms with Crippen LogP contribution in [-0.2, 0) is 20.9 Å². The minimum Gasteiger partial charge on any atom is -0.496 e. The van der Waals surface area contributed by atoms with Gasteiger partial charge in [-0.05, 0) is 42.1 Å². The Morgan fingerprint density at radius 2 is 1.92 bits per heavy atom. The van der Waals surface area contributed by atoms with Crippen molar-refractivity contribution in [3.63, 3.8) is 0 Å². The van der Waals surface area contributed by atoms with E-state index in [1.807, 2.05) is 36.4 Å². The molecule has 190 valence electrons. The van der Waals surface area contributed by atoms with Crippen molar-refractivity contribution in [2.45, 2.75) is 25.9 Å². The highest BCUT2D eigenvalue weighted by molar-refractivity contribution is 6.08. The highest BCUT2D eigenvalue weighted by atomic mass is 16.5. The number of rotatable bonds is 7. The number of nitrogens with zero attached hydrogens (tertiary/aromatic N) is 3. The molecule has 1 unspecified atom stereocenters. The van der Waals surface area contributed by atoms with Gasteiger partial charge in [0.1, 0.15) is 11.8 Å². The maximum Gasteiger partial charge on any atom is 0.251 e. The Hall–Kier alpha value is -4.42. The van der Waals surface area contributed by atoms with Gasteiger partial charge in [-0.3, -0.25) is 14.4 Å². The Morgan fingerprint density at radius 1 is 1.14 bits per heavy atom. The summed E-state index contributed by atoms with van der Waals surface area (Å²) in [6, 6.07) is 17.7. The monoisotopic (exact) mass is 499 g/mol. The lowest BCUT2D eigenvalue weighted by Gasteiger charge is -2.27. The topological polar surface area (TPSA) is 115 Å². The molecule has 1 aliphatic heterocycles. The van der Waals surface area contributed by atoms with Crippen LogP contribution in [0.1, 0.15) is 24.5 Å². The number of benzene rings is 3. The molecular weight excluding hydrogens is 470 g/mol. The van der Waals surface area contributed by atoms with Crippen LogP contribution in [0, 0.1) is 11.3 Å². The number of hydrogen-bond donors (Lipinski definition) is 2. The molecule has 0 radical (unpaired) electrons. The van der Waals surface area contributed by atoms with E-state index < -0.39 is 6.04 Å². The molecule has 3 aromatic carbocycles. The van der Waals surface area contributed by atoms with E-state index in [0.29, 0.717) is 22.7 Å². The van der Waals surface area contributed by atoms with Crippen LogP contribution in [0.2, 0.25) is 0 Å². The molecule has 3 amide bonds. The van der Waals surface area contributed by atoms with Gasteiger partial charge in [0, 0.05) is 12.0 Å². The van der Waals surface area contributed by atoms with Crippen LogP contribution in [0.5, 0.6) is 5.75 Å². The summed E-state index contributed by atoms with van der Waals surface area (Å²) in [7, 11) is 3.22. The molecule has 0 aliphatic carbocycles. The van der Waals surface area contributed by atoms with Crippen molar-refractivity contribution in [1.29, 1.82) is 5.26 Å². The van der Waals surface area contributed by atoms with Gasteiger partial charge in [-0.15, -0.1) is 0 Å². The third-order valence-corrected chi connectivity index (χ3v) is 6.43. The number of carbonyl (C=O) groups is 3. The molecule has 3 aromatic rings. The summed E-state index contributed by atoms with van der Waals surface area (Å²) in [6.07, 6.45) is 0.193. The van der Waals surface area contributed by atoms with Gasteiger partial charge in [0.05, 0.1) is 49.8 Å². The van der Waals surface area contributed by atoms with Gasteiger partial charge in [0.15, 0.2) is 0 Å². The Labute approximate surface area is 215 Å². The number of likely N-dealkylation sites (N-methyl/N-ethyl adjacent to an activating group) is 1. The first-order valence-corrected chi connectivity index (χ1v) is 12.1. The SMILES string of the molecule is CCC(=O)N1CC(NC(=O)CNC)C(=O)N(Cc2c(OC)ccc3ccccc23)c2ccc(C#N)cc21. The molecule has 2 N–H and O–H groups in total. The fraction of sp³-hybridized carbons (Fsp3) is 0.286. The van der Waals surface area contributed by atoms with Crippen LogP contribution >= 0.6 is 0 Å². The third-order valence-electron chi connectivity index (χ3n) is 6.43. The van der Waals surface area contributed by atoms with E-state index in [0.717, 1.165) is 16.3 Å². The highest BCUT2D eigenvalue weighted by Crippen LogP contribution is 2.38. The Morgan fingerprint density at radius 3 is 2.62 bits per heavy atom.